The van der Waals surface area contributed by atoms with Gasteiger partial charge in [-0.05, 0) is 42.7 Å². The van der Waals surface area contributed by atoms with Gasteiger partial charge in [0.05, 0.1) is 0 Å². The number of nitrogens with zero attached hydrogens (tertiary/aromatic N) is 2. The number of aromatic carboxylic acids is 1. The first-order valence-electron chi connectivity index (χ1n) is 9.83. The largest absolute Gasteiger partial charge is 0.477 e. The van der Waals surface area contributed by atoms with Crippen molar-refractivity contribution < 1.29 is 29.0 Å². The predicted molar refractivity (Wildman–Crippen MR) is 111 cm³/mol. The molecule has 2 aromatic heterocycles. The second-order valence-corrected chi connectivity index (χ2v) is 6.89. The van der Waals surface area contributed by atoms with Gasteiger partial charge >= 0.3 is 11.9 Å². The number of hydrogen-bond donors (Lipinski definition) is 1. The Morgan fingerprint density at radius 2 is 1.29 bits per heavy atom. The van der Waals surface area contributed by atoms with Crippen molar-refractivity contribution in [3.8, 4) is 0 Å². The van der Waals surface area contributed by atoms with Gasteiger partial charge in [0, 0.05) is 25.2 Å². The third-order valence-electron chi connectivity index (χ3n) is 4.71. The SMILES string of the molecule is O=C(O)c1cccn1C(=O)CCCCC(=O)n1cccc1C(=O)OCc1ccccc1. The summed E-state index contributed by atoms with van der Waals surface area (Å²) in [4.78, 5) is 48.1. The molecule has 3 rings (SSSR count). The Labute approximate surface area is 178 Å². The molecule has 0 bridgehead atoms. The van der Waals surface area contributed by atoms with Crippen molar-refractivity contribution in [1.29, 1.82) is 0 Å². The topological polar surface area (TPSA) is 108 Å². The number of rotatable bonds is 9. The summed E-state index contributed by atoms with van der Waals surface area (Å²) < 4.78 is 7.63. The molecule has 0 saturated carbocycles. The van der Waals surface area contributed by atoms with E-state index < -0.39 is 11.9 Å². The van der Waals surface area contributed by atoms with E-state index in [9.17, 15) is 19.2 Å². The molecule has 1 N–H and O–H groups in total. The van der Waals surface area contributed by atoms with E-state index in [1.807, 2.05) is 30.3 Å². The Hall–Kier alpha value is -3.94. The maximum atomic E-state index is 12.5. The van der Waals surface area contributed by atoms with E-state index in [-0.39, 0.29) is 42.7 Å². The van der Waals surface area contributed by atoms with Crippen LogP contribution in [-0.4, -0.2) is 38.0 Å². The van der Waals surface area contributed by atoms with Gasteiger partial charge in [-0.25, -0.2) is 9.59 Å². The zero-order chi connectivity index (χ0) is 22.2. The van der Waals surface area contributed by atoms with Crippen LogP contribution >= 0.6 is 0 Å². The first-order valence-corrected chi connectivity index (χ1v) is 9.83. The highest BCUT2D eigenvalue weighted by molar-refractivity contribution is 5.94. The Morgan fingerprint density at radius 3 is 1.87 bits per heavy atom. The molecule has 0 aliphatic rings. The molecule has 0 saturated heterocycles. The van der Waals surface area contributed by atoms with Crippen molar-refractivity contribution in [1.82, 2.24) is 9.13 Å². The number of carbonyl (C=O) groups is 4. The van der Waals surface area contributed by atoms with Crippen molar-refractivity contribution >= 4 is 23.8 Å². The minimum Gasteiger partial charge on any atom is -0.477 e. The molecule has 1 aromatic carbocycles. The van der Waals surface area contributed by atoms with Gasteiger partial charge in [-0.15, -0.1) is 0 Å². The summed E-state index contributed by atoms with van der Waals surface area (Å²) in [6.07, 6.45) is 4.00. The highest BCUT2D eigenvalue weighted by Gasteiger charge is 2.18. The van der Waals surface area contributed by atoms with Gasteiger partial charge in [-0.1, -0.05) is 30.3 Å². The van der Waals surface area contributed by atoms with Crippen molar-refractivity contribution in [2.45, 2.75) is 32.3 Å². The normalized spacial score (nSPS) is 10.6. The number of carbonyl (C=O) groups excluding carboxylic acids is 3. The highest BCUT2D eigenvalue weighted by Crippen LogP contribution is 2.12. The lowest BCUT2D eigenvalue weighted by molar-refractivity contribution is 0.0455. The van der Waals surface area contributed by atoms with Crippen LogP contribution in [0.3, 0.4) is 0 Å². The van der Waals surface area contributed by atoms with Gasteiger partial charge in [0.2, 0.25) is 11.8 Å². The van der Waals surface area contributed by atoms with Gasteiger partial charge in [0.25, 0.3) is 0 Å². The molecule has 0 amide bonds. The fraction of sp³-hybridized carbons (Fsp3) is 0.217. The third-order valence-corrected chi connectivity index (χ3v) is 4.71. The fourth-order valence-corrected chi connectivity index (χ4v) is 3.13. The number of carboxylic acid groups (broad SMARTS) is 1. The van der Waals surface area contributed by atoms with Gasteiger partial charge in [0.15, 0.2) is 0 Å². The zero-order valence-corrected chi connectivity index (χ0v) is 16.8. The van der Waals surface area contributed by atoms with Gasteiger partial charge < -0.3 is 9.84 Å². The quantitative estimate of drug-likeness (QED) is 0.414. The second kappa shape index (κ2) is 10.2. The van der Waals surface area contributed by atoms with Gasteiger partial charge in [-0.3, -0.25) is 18.7 Å². The van der Waals surface area contributed by atoms with Crippen molar-refractivity contribution in [3.63, 3.8) is 0 Å². The number of hydrogen-bond acceptors (Lipinski definition) is 5. The molecule has 2 heterocycles. The molecule has 0 aliphatic heterocycles. The Kier molecular flexibility index (Phi) is 7.16. The molecule has 0 fully saturated rings. The van der Waals surface area contributed by atoms with Crippen molar-refractivity contribution in [2.75, 3.05) is 0 Å². The van der Waals surface area contributed by atoms with Crippen LogP contribution in [-0.2, 0) is 11.3 Å². The lowest BCUT2D eigenvalue weighted by Crippen LogP contribution is -2.18. The Balaban J connectivity index is 1.48. The lowest BCUT2D eigenvalue weighted by atomic mass is 10.1. The van der Waals surface area contributed by atoms with E-state index in [2.05, 4.69) is 0 Å². The van der Waals surface area contributed by atoms with Crippen LogP contribution < -0.4 is 0 Å². The molecule has 0 spiro atoms. The Bertz CT molecular complexity index is 1080. The maximum absolute atomic E-state index is 12.5. The minimum absolute atomic E-state index is 0.0907. The van der Waals surface area contributed by atoms with E-state index in [0.717, 1.165) is 10.1 Å². The molecular weight excluding hydrogens is 400 g/mol. The number of unbranched alkanes of at least 4 members (excludes halogenated alkanes) is 1. The summed E-state index contributed by atoms with van der Waals surface area (Å²) in [5.74, 6) is -2.39. The predicted octanol–water partition coefficient (Wildman–Crippen LogP) is 3.89. The molecule has 0 unspecified atom stereocenters. The van der Waals surface area contributed by atoms with Crippen molar-refractivity contribution in [2.24, 2.45) is 0 Å². The summed E-state index contributed by atoms with van der Waals surface area (Å²) in [5, 5.41) is 9.07. The monoisotopic (exact) mass is 422 g/mol. The lowest BCUT2D eigenvalue weighted by Gasteiger charge is -2.09. The molecule has 0 aliphatic carbocycles. The van der Waals surface area contributed by atoms with Crippen LogP contribution in [0.15, 0.2) is 67.0 Å². The Morgan fingerprint density at radius 1 is 0.742 bits per heavy atom. The van der Waals surface area contributed by atoms with E-state index >= 15 is 0 Å². The molecule has 31 heavy (non-hydrogen) atoms. The highest BCUT2D eigenvalue weighted by atomic mass is 16.5. The molecule has 160 valence electrons. The van der Waals surface area contributed by atoms with Crippen LogP contribution in [0.2, 0.25) is 0 Å². The minimum atomic E-state index is -1.17. The van der Waals surface area contributed by atoms with Crippen molar-refractivity contribution in [3.05, 3.63) is 83.9 Å². The zero-order valence-electron chi connectivity index (χ0n) is 16.8. The van der Waals surface area contributed by atoms with Gasteiger partial charge in [-0.2, -0.15) is 0 Å². The van der Waals surface area contributed by atoms with Crippen LogP contribution in [0, 0.1) is 0 Å². The molecule has 3 aromatic rings. The second-order valence-electron chi connectivity index (χ2n) is 6.89. The molecule has 0 atom stereocenters. The molecular formula is C23H22N2O6. The number of ether oxygens (including phenoxy) is 1. The number of esters is 1. The van der Waals surface area contributed by atoms with E-state index in [0.29, 0.717) is 12.8 Å². The third kappa shape index (κ3) is 5.57. The standard InChI is InChI=1S/C23H22N2O6/c26-20(24-14-6-10-18(24)22(28)29)12-4-5-13-21(27)25-15-7-11-19(25)23(30)31-16-17-8-2-1-3-9-17/h1-3,6-11,14-15H,4-5,12-13,16H2,(H,28,29). The fourth-order valence-electron chi connectivity index (χ4n) is 3.13. The summed E-state index contributed by atoms with van der Waals surface area (Å²) in [5.41, 5.74) is 0.904. The van der Waals surface area contributed by atoms with E-state index in [1.165, 1.54) is 35.2 Å². The maximum Gasteiger partial charge on any atom is 0.355 e. The summed E-state index contributed by atoms with van der Waals surface area (Å²) >= 11 is 0. The first kappa shape index (κ1) is 21.8. The molecule has 8 nitrogen and oxygen atoms in total. The van der Waals surface area contributed by atoms with Crippen LogP contribution in [0.1, 0.15) is 61.8 Å². The summed E-state index contributed by atoms with van der Waals surface area (Å²) in [6, 6.07) is 15.2. The number of benzene rings is 1. The summed E-state index contributed by atoms with van der Waals surface area (Å²) in [6.45, 7) is 0.110. The van der Waals surface area contributed by atoms with Crippen LogP contribution in [0.5, 0.6) is 0 Å². The van der Waals surface area contributed by atoms with Crippen LogP contribution in [0.4, 0.5) is 0 Å². The average molecular weight is 422 g/mol. The molecule has 8 heteroatoms. The summed E-state index contributed by atoms with van der Waals surface area (Å²) in [7, 11) is 0. The van der Waals surface area contributed by atoms with E-state index in [1.54, 1.807) is 6.07 Å². The molecule has 0 radical (unpaired) electrons. The first-order chi connectivity index (χ1) is 15.0. The van der Waals surface area contributed by atoms with Crippen LogP contribution in [0.25, 0.3) is 0 Å². The average Bonchev–Trinajstić information content (AvgIpc) is 3.45. The number of carboxylic acids is 1. The van der Waals surface area contributed by atoms with Gasteiger partial charge in [0.1, 0.15) is 18.0 Å². The smallest absolute Gasteiger partial charge is 0.355 e. The van der Waals surface area contributed by atoms with E-state index in [4.69, 9.17) is 9.84 Å². The number of aromatic nitrogens is 2.